The summed E-state index contributed by atoms with van der Waals surface area (Å²) in [5.41, 5.74) is 0. The van der Waals surface area contributed by atoms with E-state index in [0.29, 0.717) is 171 Å². The Morgan fingerprint density at radius 2 is 0.286 bits per heavy atom. The normalized spacial score (nSPS) is 47.0. The van der Waals surface area contributed by atoms with E-state index in [1.165, 1.54) is 89.9 Å². The van der Waals surface area contributed by atoms with Crippen molar-refractivity contribution in [1.82, 2.24) is 0 Å². The molecule has 0 aromatic heterocycles. The smallest absolute Gasteiger partial charge is 0.309 e. The number of fused-ring (bicyclic) bond motifs is 7. The van der Waals surface area contributed by atoms with Crippen LogP contribution in [0.1, 0.15) is 187 Å². The summed E-state index contributed by atoms with van der Waals surface area (Å²) in [6, 6.07) is 0. The molecule has 28 atom stereocenters. The Balaban J connectivity index is 0.000000128. The van der Waals surface area contributed by atoms with Crippen molar-refractivity contribution in [2.24, 2.45) is 166 Å². The molecule has 84 heavy (non-hydrogen) atoms. The summed E-state index contributed by atoms with van der Waals surface area (Å²) >= 11 is 0. The van der Waals surface area contributed by atoms with E-state index in [9.17, 15) is 33.6 Å². The van der Waals surface area contributed by atoms with Crippen molar-refractivity contribution < 1.29 is 66.7 Å². The Hall–Kier alpha value is -3.71. The molecule has 476 valence electrons. The number of ether oxygens (including phenoxy) is 7. The number of hydrogen-bond donors (Lipinski definition) is 0. The van der Waals surface area contributed by atoms with Crippen LogP contribution in [0.5, 0.6) is 0 Å². The van der Waals surface area contributed by atoms with E-state index in [1.54, 1.807) is 0 Å². The van der Waals surface area contributed by atoms with Gasteiger partial charge in [-0.3, -0.25) is 33.6 Å². The molecular weight excluding hydrogens is 1060 g/mol. The molecule has 7 saturated carbocycles. The molecule has 0 bridgehead atoms. The fraction of sp³-hybridized carbons (Fsp3) is 0.900. The fourth-order valence-electron chi connectivity index (χ4n) is 19.0. The van der Waals surface area contributed by atoms with Gasteiger partial charge in [0.05, 0.1) is 87.7 Å². The van der Waals surface area contributed by atoms with Crippen LogP contribution in [0.25, 0.3) is 0 Å². The number of rotatable bonds is 0. The van der Waals surface area contributed by atoms with Crippen molar-refractivity contribution in [3.05, 3.63) is 0 Å². The van der Waals surface area contributed by atoms with Gasteiger partial charge < -0.3 is 33.2 Å². The van der Waals surface area contributed by atoms with E-state index >= 15 is 0 Å². The van der Waals surface area contributed by atoms with E-state index in [0.717, 1.165) is 0 Å². The van der Waals surface area contributed by atoms with Crippen molar-refractivity contribution in [2.45, 2.75) is 187 Å². The Bertz CT molecular complexity index is 1830. The van der Waals surface area contributed by atoms with E-state index in [2.05, 4.69) is 96.9 Å². The zero-order chi connectivity index (χ0) is 61.0. The van der Waals surface area contributed by atoms with Gasteiger partial charge in [0.25, 0.3) is 0 Å². The number of esters is 7. The molecule has 14 rings (SSSR count). The molecule has 0 N–H and O–H groups in total. The van der Waals surface area contributed by atoms with Gasteiger partial charge in [-0.2, -0.15) is 0 Å². The molecule has 0 radical (unpaired) electrons. The van der Waals surface area contributed by atoms with E-state index in [1.807, 2.05) is 0 Å². The van der Waals surface area contributed by atoms with Crippen molar-refractivity contribution in [3.8, 4) is 0 Å². The average Bonchev–Trinajstić information content (AvgIpc) is 4.57. The second-order valence-electron chi connectivity index (χ2n) is 30.5. The minimum atomic E-state index is 0.0584. The monoisotopic (exact) mass is 1180 g/mol. The van der Waals surface area contributed by atoms with Crippen molar-refractivity contribution in [2.75, 3.05) is 46.2 Å². The first kappa shape index (κ1) is 66.2. The third-order valence-electron chi connectivity index (χ3n) is 24.6. The molecular formula is C70H112O14. The van der Waals surface area contributed by atoms with Crippen LogP contribution in [0, 0.1) is 166 Å². The first-order valence-corrected chi connectivity index (χ1v) is 34.1. The highest BCUT2D eigenvalue weighted by Gasteiger charge is 2.51. The maximum absolute atomic E-state index is 11.4. The summed E-state index contributed by atoms with van der Waals surface area (Å²) in [5.74, 6) is 14.1. The van der Waals surface area contributed by atoms with Gasteiger partial charge in [-0.1, -0.05) is 96.9 Å². The first-order valence-electron chi connectivity index (χ1n) is 34.1. The quantitative estimate of drug-likeness (QED) is 0.165. The van der Waals surface area contributed by atoms with Crippen molar-refractivity contribution in [1.29, 1.82) is 0 Å². The van der Waals surface area contributed by atoms with E-state index in [-0.39, 0.29) is 83.2 Å². The second kappa shape index (κ2) is 29.1. The second-order valence-corrected chi connectivity index (χ2v) is 30.5. The lowest BCUT2D eigenvalue weighted by Crippen LogP contribution is -2.37. The topological polar surface area (TPSA) is 184 Å². The van der Waals surface area contributed by atoms with E-state index < -0.39 is 0 Å². The standard InChI is InChI=1S/7C10H16O2/c7*1-6-3-4-8-7(2)5-12-10(11)9(6)8/h7*6-9H,3-5H2,1-2H3/t6-,7+,8+,9+;6-,7+,8+,9-;6-,7+,8-,9+;6-,7+,8-,9-;6-,7-,8+,9+;6-,7-,8+,9-;6-,7-,8-,9-/m0000000/s1. The van der Waals surface area contributed by atoms with Crippen LogP contribution >= 0.6 is 0 Å². The summed E-state index contributed by atoms with van der Waals surface area (Å²) in [7, 11) is 0. The number of cyclic esters (lactones) is 7. The molecule has 14 fully saturated rings. The predicted molar refractivity (Wildman–Crippen MR) is 319 cm³/mol. The van der Waals surface area contributed by atoms with Crippen LogP contribution < -0.4 is 0 Å². The molecule has 0 aromatic rings. The molecule has 14 heteroatoms. The fourth-order valence-corrected chi connectivity index (χ4v) is 19.0. The van der Waals surface area contributed by atoms with Gasteiger partial charge in [-0.25, -0.2) is 0 Å². The highest BCUT2D eigenvalue weighted by molar-refractivity contribution is 5.77. The molecule has 7 saturated heterocycles. The third kappa shape index (κ3) is 14.7. The minimum absolute atomic E-state index is 0.0584. The molecule has 0 unspecified atom stereocenters. The van der Waals surface area contributed by atoms with Gasteiger partial charge >= 0.3 is 41.8 Å². The summed E-state index contributed by atoms with van der Waals surface area (Å²) in [6.45, 7) is 35.1. The maximum atomic E-state index is 11.4. The zero-order valence-electron chi connectivity index (χ0n) is 54.2. The van der Waals surface area contributed by atoms with Gasteiger partial charge in [0.15, 0.2) is 0 Å². The van der Waals surface area contributed by atoms with Gasteiger partial charge in [0.1, 0.15) is 0 Å². The van der Waals surface area contributed by atoms with Crippen molar-refractivity contribution >= 4 is 41.8 Å². The van der Waals surface area contributed by atoms with Crippen LogP contribution in [-0.2, 0) is 66.7 Å². The Labute approximate surface area is 505 Å². The van der Waals surface area contributed by atoms with Crippen LogP contribution in [0.2, 0.25) is 0 Å². The summed E-state index contributed by atoms with van der Waals surface area (Å²) < 4.78 is 35.9. The summed E-state index contributed by atoms with van der Waals surface area (Å²) in [6.07, 6.45) is 17.0. The molecule has 0 aromatic carbocycles. The Morgan fingerprint density at radius 1 is 0.179 bits per heavy atom. The largest absolute Gasteiger partial charge is 0.465 e. The minimum Gasteiger partial charge on any atom is -0.465 e. The Morgan fingerprint density at radius 3 is 0.381 bits per heavy atom. The zero-order valence-corrected chi connectivity index (χ0v) is 54.2. The summed E-state index contributed by atoms with van der Waals surface area (Å²) in [4.78, 5) is 79.9. The van der Waals surface area contributed by atoms with Crippen LogP contribution in [0.3, 0.4) is 0 Å². The SMILES string of the molecule is C[C@@H]1COC(=O)[C@@H]2[C@@H]1CC[C@@H]2C.C[C@@H]1COC(=O)[C@@H]2[C@H]1CC[C@@H]2C.C[C@@H]1COC(=O)[C@H]2[C@@H]1CC[C@@H]2C.C[C@@H]1COC(=O)[C@H]2[C@H]1CC[C@@H]2C.C[C@H]1COC(=O)[C@@H]2[C@@H]1CC[C@@H]2C.C[C@H]1COC(=O)[C@@H]2[C@H]1CC[C@@H]2C.C[C@H]1COC(=O)[C@H]2[C@@H]1CC[C@@H]2C. The van der Waals surface area contributed by atoms with Gasteiger partial charge in [0, 0.05) is 0 Å². The lowest BCUT2D eigenvalue weighted by molar-refractivity contribution is -0.161. The molecule has 14 aliphatic rings. The lowest BCUT2D eigenvalue weighted by atomic mass is 9.81. The van der Waals surface area contributed by atoms with Gasteiger partial charge in [0.2, 0.25) is 0 Å². The molecule has 7 aliphatic heterocycles. The molecule has 0 amide bonds. The Kier molecular flexibility index (Phi) is 22.9. The van der Waals surface area contributed by atoms with Gasteiger partial charge in [-0.15, -0.1) is 0 Å². The predicted octanol–water partition coefficient (Wildman–Crippen LogP) is 12.9. The van der Waals surface area contributed by atoms with E-state index in [4.69, 9.17) is 33.2 Å². The van der Waals surface area contributed by atoms with Crippen LogP contribution in [-0.4, -0.2) is 88.0 Å². The van der Waals surface area contributed by atoms with Crippen LogP contribution in [0.4, 0.5) is 0 Å². The molecule has 14 nitrogen and oxygen atoms in total. The number of hydrogen-bond acceptors (Lipinski definition) is 14. The summed E-state index contributed by atoms with van der Waals surface area (Å²) in [5, 5.41) is 0. The highest BCUT2D eigenvalue weighted by atomic mass is 16.6. The number of carbonyl (C=O) groups excluding carboxylic acids is 7. The lowest BCUT2D eigenvalue weighted by Gasteiger charge is -2.31. The average molecular weight is 1180 g/mol. The third-order valence-corrected chi connectivity index (χ3v) is 24.6. The highest BCUT2D eigenvalue weighted by Crippen LogP contribution is 2.50. The molecule has 0 spiro atoms. The molecule has 7 aliphatic carbocycles. The maximum Gasteiger partial charge on any atom is 0.309 e. The van der Waals surface area contributed by atoms with Gasteiger partial charge in [-0.05, 0) is 214 Å². The first-order chi connectivity index (χ1) is 39.9. The number of carbonyl (C=O) groups is 7. The van der Waals surface area contributed by atoms with Crippen molar-refractivity contribution in [3.63, 3.8) is 0 Å². The molecule has 7 heterocycles. The van der Waals surface area contributed by atoms with Crippen LogP contribution in [0.15, 0.2) is 0 Å².